The van der Waals surface area contributed by atoms with E-state index in [1.54, 1.807) is 0 Å². The SMILES string of the molecule is CCc1cc(C2CCCCC2)ncc1-c1cnc(C)c2ncn(C)c12. The van der Waals surface area contributed by atoms with E-state index in [9.17, 15) is 0 Å². The molecule has 1 aliphatic carbocycles. The van der Waals surface area contributed by atoms with Gasteiger partial charge in [0, 0.05) is 42.2 Å². The molecule has 0 aliphatic heterocycles. The van der Waals surface area contributed by atoms with Gasteiger partial charge in [0.05, 0.1) is 17.5 Å². The number of aromatic nitrogens is 4. The molecule has 1 fully saturated rings. The van der Waals surface area contributed by atoms with Gasteiger partial charge in [0.15, 0.2) is 0 Å². The summed E-state index contributed by atoms with van der Waals surface area (Å²) in [6.07, 6.45) is 13.6. The normalized spacial score (nSPS) is 15.8. The van der Waals surface area contributed by atoms with Gasteiger partial charge in [0.2, 0.25) is 0 Å². The molecule has 3 aromatic heterocycles. The first-order chi connectivity index (χ1) is 12.2. The highest BCUT2D eigenvalue weighted by molar-refractivity contribution is 5.93. The maximum atomic E-state index is 4.87. The summed E-state index contributed by atoms with van der Waals surface area (Å²) in [6, 6.07) is 2.34. The number of aryl methyl sites for hydroxylation is 3. The molecule has 0 radical (unpaired) electrons. The lowest BCUT2D eigenvalue weighted by Gasteiger charge is -2.22. The van der Waals surface area contributed by atoms with E-state index < -0.39 is 0 Å². The third-order valence-corrected chi connectivity index (χ3v) is 5.63. The Hall–Kier alpha value is -2.23. The molecule has 0 aromatic carbocycles. The molecule has 3 heterocycles. The largest absolute Gasteiger partial charge is 0.333 e. The fourth-order valence-electron chi connectivity index (χ4n) is 4.17. The van der Waals surface area contributed by atoms with Crippen molar-refractivity contribution in [2.24, 2.45) is 7.05 Å². The van der Waals surface area contributed by atoms with Crippen molar-refractivity contribution in [1.82, 2.24) is 19.5 Å². The molecule has 25 heavy (non-hydrogen) atoms. The van der Waals surface area contributed by atoms with Crippen LogP contribution in [0.4, 0.5) is 0 Å². The number of hydrogen-bond donors (Lipinski definition) is 0. The highest BCUT2D eigenvalue weighted by Crippen LogP contribution is 2.35. The number of pyridine rings is 2. The van der Waals surface area contributed by atoms with Crippen molar-refractivity contribution in [3.05, 3.63) is 41.7 Å². The fourth-order valence-corrected chi connectivity index (χ4v) is 4.17. The number of imidazole rings is 1. The average molecular weight is 334 g/mol. The molecule has 0 spiro atoms. The van der Waals surface area contributed by atoms with Crippen molar-refractivity contribution < 1.29 is 0 Å². The quantitative estimate of drug-likeness (QED) is 0.681. The van der Waals surface area contributed by atoms with Gasteiger partial charge in [-0.2, -0.15) is 0 Å². The molecule has 0 saturated heterocycles. The van der Waals surface area contributed by atoms with E-state index >= 15 is 0 Å². The van der Waals surface area contributed by atoms with Crippen LogP contribution in [0.1, 0.15) is 61.9 Å². The van der Waals surface area contributed by atoms with Crippen LogP contribution in [-0.2, 0) is 13.5 Å². The summed E-state index contributed by atoms with van der Waals surface area (Å²) in [4.78, 5) is 14.0. The smallest absolute Gasteiger partial charge is 0.110 e. The molecule has 0 bridgehead atoms. The van der Waals surface area contributed by atoms with Crippen molar-refractivity contribution in [3.8, 4) is 11.1 Å². The number of fused-ring (bicyclic) bond motifs is 1. The molecule has 0 N–H and O–H groups in total. The summed E-state index contributed by atoms with van der Waals surface area (Å²) < 4.78 is 2.09. The molecule has 0 amide bonds. The second-order valence-corrected chi connectivity index (χ2v) is 7.26. The van der Waals surface area contributed by atoms with Crippen LogP contribution in [0.25, 0.3) is 22.2 Å². The minimum Gasteiger partial charge on any atom is -0.333 e. The van der Waals surface area contributed by atoms with Gasteiger partial charge in [0.1, 0.15) is 5.52 Å². The molecule has 1 saturated carbocycles. The van der Waals surface area contributed by atoms with Crippen LogP contribution in [0.5, 0.6) is 0 Å². The van der Waals surface area contributed by atoms with E-state index in [0.717, 1.165) is 28.7 Å². The summed E-state index contributed by atoms with van der Waals surface area (Å²) in [5.41, 5.74) is 8.09. The lowest BCUT2D eigenvalue weighted by Crippen LogP contribution is -2.07. The second-order valence-electron chi connectivity index (χ2n) is 7.26. The number of nitrogens with zero attached hydrogens (tertiary/aromatic N) is 4. The van der Waals surface area contributed by atoms with Gasteiger partial charge in [0.25, 0.3) is 0 Å². The minimum absolute atomic E-state index is 0.640. The zero-order valence-corrected chi connectivity index (χ0v) is 15.4. The first kappa shape index (κ1) is 16.2. The Morgan fingerprint density at radius 1 is 1.04 bits per heavy atom. The average Bonchev–Trinajstić information content (AvgIpc) is 3.05. The van der Waals surface area contributed by atoms with Crippen LogP contribution in [0.3, 0.4) is 0 Å². The van der Waals surface area contributed by atoms with E-state index in [4.69, 9.17) is 4.98 Å². The molecule has 0 atom stereocenters. The van der Waals surface area contributed by atoms with Gasteiger partial charge >= 0.3 is 0 Å². The van der Waals surface area contributed by atoms with Crippen LogP contribution < -0.4 is 0 Å². The van der Waals surface area contributed by atoms with Crippen molar-refractivity contribution in [3.63, 3.8) is 0 Å². The monoisotopic (exact) mass is 334 g/mol. The first-order valence-electron chi connectivity index (χ1n) is 9.44. The van der Waals surface area contributed by atoms with Gasteiger partial charge in [-0.1, -0.05) is 26.2 Å². The molecular formula is C21H26N4. The zero-order valence-electron chi connectivity index (χ0n) is 15.4. The standard InChI is InChI=1S/C21H26N4/c1-4-15-10-19(16-8-6-5-7-9-16)23-11-17(15)18-12-22-14(2)20-21(18)25(3)13-24-20/h10-13,16H,4-9H2,1-3H3. The maximum absolute atomic E-state index is 4.87. The Morgan fingerprint density at radius 3 is 2.56 bits per heavy atom. The maximum Gasteiger partial charge on any atom is 0.110 e. The van der Waals surface area contributed by atoms with Crippen molar-refractivity contribution >= 4 is 11.0 Å². The van der Waals surface area contributed by atoms with Crippen LogP contribution in [0.2, 0.25) is 0 Å². The Morgan fingerprint density at radius 2 is 1.80 bits per heavy atom. The highest BCUT2D eigenvalue weighted by Gasteiger charge is 2.19. The number of rotatable bonds is 3. The molecular weight excluding hydrogens is 308 g/mol. The summed E-state index contributed by atoms with van der Waals surface area (Å²) in [5.74, 6) is 0.640. The lowest BCUT2D eigenvalue weighted by atomic mass is 9.85. The zero-order chi connectivity index (χ0) is 17.4. The van der Waals surface area contributed by atoms with Gasteiger partial charge in [-0.3, -0.25) is 9.97 Å². The topological polar surface area (TPSA) is 43.6 Å². The van der Waals surface area contributed by atoms with E-state index in [-0.39, 0.29) is 0 Å². The predicted molar refractivity (Wildman–Crippen MR) is 102 cm³/mol. The lowest BCUT2D eigenvalue weighted by molar-refractivity contribution is 0.436. The Balaban J connectivity index is 1.83. The highest BCUT2D eigenvalue weighted by atomic mass is 15.0. The van der Waals surface area contributed by atoms with E-state index in [0.29, 0.717) is 5.92 Å². The number of hydrogen-bond acceptors (Lipinski definition) is 3. The summed E-state index contributed by atoms with van der Waals surface area (Å²) >= 11 is 0. The molecule has 3 aromatic rings. The third-order valence-electron chi connectivity index (χ3n) is 5.63. The van der Waals surface area contributed by atoms with E-state index in [1.807, 2.05) is 26.5 Å². The van der Waals surface area contributed by atoms with Gasteiger partial charge in [-0.25, -0.2) is 4.98 Å². The Bertz CT molecular complexity index is 904. The van der Waals surface area contributed by atoms with Crippen LogP contribution >= 0.6 is 0 Å². The molecule has 4 rings (SSSR count). The van der Waals surface area contributed by atoms with E-state index in [1.165, 1.54) is 48.9 Å². The molecule has 4 nitrogen and oxygen atoms in total. The Kier molecular flexibility index (Phi) is 4.28. The van der Waals surface area contributed by atoms with Crippen LogP contribution in [-0.4, -0.2) is 19.5 Å². The van der Waals surface area contributed by atoms with Gasteiger partial charge in [-0.05, 0) is 37.8 Å². The predicted octanol–water partition coefficient (Wildman–Crippen LogP) is 4.95. The van der Waals surface area contributed by atoms with Crippen molar-refractivity contribution in [1.29, 1.82) is 0 Å². The fraction of sp³-hybridized carbons (Fsp3) is 0.476. The van der Waals surface area contributed by atoms with Gasteiger partial charge < -0.3 is 4.57 Å². The second kappa shape index (κ2) is 6.58. The minimum atomic E-state index is 0.640. The molecule has 130 valence electrons. The molecule has 4 heteroatoms. The third kappa shape index (κ3) is 2.84. The van der Waals surface area contributed by atoms with Crippen molar-refractivity contribution in [2.75, 3.05) is 0 Å². The summed E-state index contributed by atoms with van der Waals surface area (Å²) in [7, 11) is 2.05. The van der Waals surface area contributed by atoms with Crippen molar-refractivity contribution in [2.45, 2.75) is 58.3 Å². The van der Waals surface area contributed by atoms with Gasteiger partial charge in [-0.15, -0.1) is 0 Å². The molecule has 0 unspecified atom stereocenters. The van der Waals surface area contributed by atoms with E-state index in [2.05, 4.69) is 33.7 Å². The van der Waals surface area contributed by atoms with Crippen LogP contribution in [0.15, 0.2) is 24.8 Å². The molecule has 1 aliphatic rings. The van der Waals surface area contributed by atoms with Crippen LogP contribution in [0, 0.1) is 6.92 Å². The first-order valence-corrected chi connectivity index (χ1v) is 9.44. The summed E-state index contributed by atoms with van der Waals surface area (Å²) in [6.45, 7) is 4.25. The summed E-state index contributed by atoms with van der Waals surface area (Å²) in [5, 5.41) is 0. The Labute approximate surface area is 149 Å².